The number of carbonyl (C=O) groups excluding carboxylic acids is 1. The number of amides is 1. The first-order valence-electron chi connectivity index (χ1n) is 8.71. The second-order valence-corrected chi connectivity index (χ2v) is 6.85. The second-order valence-electron chi connectivity index (χ2n) is 6.85. The van der Waals surface area contributed by atoms with E-state index >= 15 is 0 Å². The Morgan fingerprint density at radius 2 is 1.52 bits per heavy atom. The summed E-state index contributed by atoms with van der Waals surface area (Å²) in [5.41, 5.74) is 1.55. The standard InChI is InChI=1S/C21H23NO3/c23-19(24)18(14-16-8-3-1-4-9-16)22-20(25)21(12-7-13-21)15-17-10-5-2-6-11-17/h1-6,8-11,18H,7,12-15H2,(H,22,25)(H,23,24). The predicted octanol–water partition coefficient (Wildman–Crippen LogP) is 3.21. The molecule has 130 valence electrons. The van der Waals surface area contributed by atoms with Crippen molar-refractivity contribution < 1.29 is 14.7 Å². The number of carbonyl (C=O) groups is 2. The van der Waals surface area contributed by atoms with Gasteiger partial charge in [-0.05, 0) is 30.4 Å². The molecule has 4 nitrogen and oxygen atoms in total. The number of hydrogen-bond acceptors (Lipinski definition) is 2. The highest BCUT2D eigenvalue weighted by molar-refractivity contribution is 5.88. The van der Waals surface area contributed by atoms with Crippen LogP contribution in [0.15, 0.2) is 60.7 Å². The molecule has 1 unspecified atom stereocenters. The summed E-state index contributed by atoms with van der Waals surface area (Å²) in [5, 5.41) is 12.3. The van der Waals surface area contributed by atoms with Crippen molar-refractivity contribution in [2.75, 3.05) is 0 Å². The van der Waals surface area contributed by atoms with Crippen LogP contribution >= 0.6 is 0 Å². The third-order valence-electron chi connectivity index (χ3n) is 5.06. The van der Waals surface area contributed by atoms with Gasteiger partial charge in [-0.1, -0.05) is 67.1 Å². The van der Waals surface area contributed by atoms with Crippen molar-refractivity contribution in [1.82, 2.24) is 5.32 Å². The van der Waals surface area contributed by atoms with Crippen LogP contribution in [0.25, 0.3) is 0 Å². The largest absolute Gasteiger partial charge is 0.480 e. The van der Waals surface area contributed by atoms with E-state index < -0.39 is 17.4 Å². The van der Waals surface area contributed by atoms with Gasteiger partial charge in [-0.2, -0.15) is 0 Å². The second kappa shape index (κ2) is 7.51. The van der Waals surface area contributed by atoms with Gasteiger partial charge >= 0.3 is 5.97 Å². The minimum Gasteiger partial charge on any atom is -0.480 e. The van der Waals surface area contributed by atoms with Gasteiger partial charge in [0.1, 0.15) is 6.04 Å². The molecule has 4 heteroatoms. The van der Waals surface area contributed by atoms with Crippen LogP contribution in [0.2, 0.25) is 0 Å². The van der Waals surface area contributed by atoms with Crippen molar-refractivity contribution in [2.45, 2.75) is 38.1 Å². The van der Waals surface area contributed by atoms with Crippen LogP contribution in [-0.4, -0.2) is 23.0 Å². The number of nitrogens with one attached hydrogen (secondary N) is 1. The van der Waals surface area contributed by atoms with Crippen molar-refractivity contribution >= 4 is 11.9 Å². The molecule has 1 atom stereocenters. The Kier molecular flexibility index (Phi) is 5.17. The van der Waals surface area contributed by atoms with Crippen LogP contribution in [0.1, 0.15) is 30.4 Å². The van der Waals surface area contributed by atoms with E-state index in [1.165, 1.54) is 0 Å². The molecule has 2 N–H and O–H groups in total. The molecule has 2 aromatic rings. The molecule has 0 spiro atoms. The van der Waals surface area contributed by atoms with Gasteiger partial charge in [-0.25, -0.2) is 4.79 Å². The maximum absolute atomic E-state index is 12.9. The Labute approximate surface area is 147 Å². The lowest BCUT2D eigenvalue weighted by atomic mass is 9.64. The quantitative estimate of drug-likeness (QED) is 0.815. The van der Waals surface area contributed by atoms with E-state index in [1.54, 1.807) is 0 Å². The maximum atomic E-state index is 12.9. The Hall–Kier alpha value is -2.62. The summed E-state index contributed by atoms with van der Waals surface area (Å²) in [4.78, 5) is 24.5. The van der Waals surface area contributed by atoms with Gasteiger partial charge in [0.25, 0.3) is 0 Å². The van der Waals surface area contributed by atoms with Gasteiger partial charge < -0.3 is 10.4 Å². The SMILES string of the molecule is O=C(O)C(Cc1ccccc1)NC(=O)C1(Cc2ccccc2)CCC1. The van der Waals surface area contributed by atoms with Crippen LogP contribution in [0.4, 0.5) is 0 Å². The Morgan fingerprint density at radius 1 is 0.960 bits per heavy atom. The molecule has 1 aliphatic carbocycles. The Bertz CT molecular complexity index is 723. The first-order valence-corrected chi connectivity index (χ1v) is 8.71. The summed E-state index contributed by atoms with van der Waals surface area (Å²) < 4.78 is 0. The molecule has 1 amide bonds. The molecule has 0 saturated heterocycles. The van der Waals surface area contributed by atoms with Crippen LogP contribution in [0, 0.1) is 5.41 Å². The Balaban J connectivity index is 1.70. The molecular weight excluding hydrogens is 314 g/mol. The summed E-state index contributed by atoms with van der Waals surface area (Å²) in [7, 11) is 0. The zero-order valence-corrected chi connectivity index (χ0v) is 14.2. The molecule has 2 aromatic carbocycles. The van der Waals surface area contributed by atoms with Crippen molar-refractivity contribution in [2.24, 2.45) is 5.41 Å². The van der Waals surface area contributed by atoms with E-state index in [4.69, 9.17) is 0 Å². The fourth-order valence-corrected chi connectivity index (χ4v) is 3.44. The first kappa shape index (κ1) is 17.2. The third-order valence-corrected chi connectivity index (χ3v) is 5.06. The molecule has 25 heavy (non-hydrogen) atoms. The molecule has 0 aliphatic heterocycles. The Morgan fingerprint density at radius 3 is 2.00 bits per heavy atom. The normalized spacial score (nSPS) is 16.5. The molecule has 1 fully saturated rings. The summed E-state index contributed by atoms with van der Waals surface area (Å²) in [6.07, 6.45) is 3.59. The summed E-state index contributed by atoms with van der Waals surface area (Å²) in [6.45, 7) is 0. The van der Waals surface area contributed by atoms with Crippen LogP contribution in [0.5, 0.6) is 0 Å². The molecule has 0 heterocycles. The van der Waals surface area contributed by atoms with Crippen LogP contribution in [0.3, 0.4) is 0 Å². The van der Waals surface area contributed by atoms with Gasteiger partial charge in [0.2, 0.25) is 5.91 Å². The van der Waals surface area contributed by atoms with Gasteiger partial charge in [-0.15, -0.1) is 0 Å². The lowest BCUT2D eigenvalue weighted by Crippen LogP contribution is -2.52. The fraction of sp³-hybridized carbons (Fsp3) is 0.333. The fourth-order valence-electron chi connectivity index (χ4n) is 3.44. The van der Waals surface area contributed by atoms with E-state index in [-0.39, 0.29) is 5.91 Å². The minimum atomic E-state index is -0.994. The molecule has 3 rings (SSSR count). The first-order chi connectivity index (χ1) is 12.1. The number of carboxylic acid groups (broad SMARTS) is 1. The molecule has 0 radical (unpaired) electrons. The molecule has 1 aliphatic rings. The predicted molar refractivity (Wildman–Crippen MR) is 96.1 cm³/mol. The number of aliphatic carboxylic acids is 1. The van der Waals surface area contributed by atoms with E-state index in [9.17, 15) is 14.7 Å². The van der Waals surface area contributed by atoms with E-state index in [2.05, 4.69) is 5.32 Å². The number of hydrogen-bond donors (Lipinski definition) is 2. The van der Waals surface area contributed by atoms with Crippen molar-refractivity contribution in [1.29, 1.82) is 0 Å². The van der Waals surface area contributed by atoms with Gasteiger partial charge in [0.05, 0.1) is 5.41 Å². The molecule has 1 saturated carbocycles. The van der Waals surface area contributed by atoms with Gasteiger partial charge in [-0.3, -0.25) is 4.79 Å². The van der Waals surface area contributed by atoms with Gasteiger partial charge in [0, 0.05) is 6.42 Å². The van der Waals surface area contributed by atoms with Crippen molar-refractivity contribution in [3.8, 4) is 0 Å². The summed E-state index contributed by atoms with van der Waals surface area (Å²) in [6, 6.07) is 18.4. The lowest BCUT2D eigenvalue weighted by Gasteiger charge is -2.41. The zero-order valence-electron chi connectivity index (χ0n) is 14.2. The summed E-state index contributed by atoms with van der Waals surface area (Å²) in [5.74, 6) is -1.13. The minimum absolute atomic E-state index is 0.133. The van der Waals surface area contributed by atoms with E-state index in [1.807, 2.05) is 60.7 Å². The molecular formula is C21H23NO3. The highest BCUT2D eigenvalue weighted by atomic mass is 16.4. The lowest BCUT2D eigenvalue weighted by molar-refractivity contribution is -0.145. The smallest absolute Gasteiger partial charge is 0.326 e. The maximum Gasteiger partial charge on any atom is 0.326 e. The van der Waals surface area contributed by atoms with Crippen LogP contribution < -0.4 is 5.32 Å². The topological polar surface area (TPSA) is 66.4 Å². The number of benzene rings is 2. The number of rotatable bonds is 7. The summed E-state index contributed by atoms with van der Waals surface area (Å²) >= 11 is 0. The highest BCUT2D eigenvalue weighted by Crippen LogP contribution is 2.44. The van der Waals surface area contributed by atoms with E-state index in [0.717, 1.165) is 30.4 Å². The van der Waals surface area contributed by atoms with Crippen molar-refractivity contribution in [3.63, 3.8) is 0 Å². The van der Waals surface area contributed by atoms with Gasteiger partial charge in [0.15, 0.2) is 0 Å². The zero-order chi connectivity index (χ0) is 17.7. The monoisotopic (exact) mass is 337 g/mol. The number of carboxylic acids is 1. The average molecular weight is 337 g/mol. The third kappa shape index (κ3) is 4.08. The van der Waals surface area contributed by atoms with E-state index in [0.29, 0.717) is 12.8 Å². The van der Waals surface area contributed by atoms with Crippen LogP contribution in [-0.2, 0) is 22.4 Å². The average Bonchev–Trinajstić information content (AvgIpc) is 2.59. The molecule has 0 aromatic heterocycles. The van der Waals surface area contributed by atoms with Crippen molar-refractivity contribution in [3.05, 3.63) is 71.8 Å². The molecule has 0 bridgehead atoms. The highest BCUT2D eigenvalue weighted by Gasteiger charge is 2.45.